The number of halogens is 2. The van der Waals surface area contributed by atoms with Crippen LogP contribution in [0, 0.1) is 26.7 Å². The molecule has 1 aliphatic rings. The minimum absolute atomic E-state index is 0.112. The number of piperidine rings is 1. The molecule has 174 valence electrons. The monoisotopic (exact) mass is 496 g/mol. The van der Waals surface area contributed by atoms with E-state index in [2.05, 4.69) is 31.3 Å². The van der Waals surface area contributed by atoms with Crippen LogP contribution in [0.25, 0.3) is 0 Å². The fourth-order valence-corrected chi connectivity index (χ4v) is 6.39. The molecule has 5 nitrogen and oxygen atoms in total. The van der Waals surface area contributed by atoms with Crippen LogP contribution >= 0.6 is 23.2 Å². The largest absolute Gasteiger partial charge is 0.349 e. The van der Waals surface area contributed by atoms with Crippen molar-refractivity contribution in [2.45, 2.75) is 52.3 Å². The molecule has 0 bridgehead atoms. The number of carbonyl (C=O) groups is 1. The van der Waals surface area contributed by atoms with E-state index in [0.29, 0.717) is 35.0 Å². The van der Waals surface area contributed by atoms with Crippen molar-refractivity contribution in [2.24, 2.45) is 5.92 Å². The van der Waals surface area contributed by atoms with Gasteiger partial charge in [0.05, 0.1) is 17.7 Å². The zero-order valence-corrected chi connectivity index (χ0v) is 21.2. The van der Waals surface area contributed by atoms with Crippen LogP contribution in [0.2, 0.25) is 10.0 Å². The van der Waals surface area contributed by atoms with E-state index in [-0.39, 0.29) is 30.2 Å². The Balaban J connectivity index is 1.68. The van der Waals surface area contributed by atoms with E-state index in [1.165, 1.54) is 21.5 Å². The molecule has 1 amide bonds. The first kappa shape index (κ1) is 25.0. The van der Waals surface area contributed by atoms with E-state index in [1.54, 1.807) is 12.1 Å². The summed E-state index contributed by atoms with van der Waals surface area (Å²) in [5, 5.41) is 3.88. The van der Waals surface area contributed by atoms with E-state index >= 15 is 0 Å². The van der Waals surface area contributed by atoms with E-state index in [0.717, 1.165) is 11.1 Å². The Bertz CT molecular complexity index is 1120. The highest BCUT2D eigenvalue weighted by molar-refractivity contribution is 7.88. The number of benzene rings is 2. The van der Waals surface area contributed by atoms with Crippen LogP contribution in [0.4, 0.5) is 0 Å². The predicted octanol–water partition coefficient (Wildman–Crippen LogP) is 5.34. The molecule has 0 aliphatic carbocycles. The highest BCUT2D eigenvalue weighted by Gasteiger charge is 2.33. The standard InChI is InChI=1S/C24H30Cl2N2O3S/c1-15-10-17(3)22(11-16(15)2)18(4)27-24(29)19-6-5-9-28(13-19)32(30,31)14-20-7-8-21(25)12-23(20)26/h7-8,10-12,18-19H,5-6,9,13-14H2,1-4H3,(H,27,29)/t18-,19+/m0/s1. The lowest BCUT2D eigenvalue weighted by molar-refractivity contribution is -0.126. The smallest absolute Gasteiger partial charge is 0.224 e. The Morgan fingerprint density at radius 2 is 1.81 bits per heavy atom. The third-order valence-corrected chi connectivity index (χ3v) is 8.59. The molecular formula is C24H30Cl2N2O3S. The molecule has 0 unspecified atom stereocenters. The summed E-state index contributed by atoms with van der Waals surface area (Å²) in [5.41, 5.74) is 5.12. The SMILES string of the molecule is Cc1cc(C)c([C@H](C)NC(=O)[C@@H]2CCCN(S(=O)(=O)Cc3ccc(Cl)cc3Cl)C2)cc1C. The third-order valence-electron chi connectivity index (χ3n) is 6.21. The molecule has 2 atom stereocenters. The average molecular weight is 497 g/mol. The van der Waals surface area contributed by atoms with Gasteiger partial charge in [0.15, 0.2) is 0 Å². The number of aryl methyl sites for hydroxylation is 3. The van der Waals surface area contributed by atoms with Crippen LogP contribution < -0.4 is 5.32 Å². The van der Waals surface area contributed by atoms with Crippen LogP contribution in [-0.4, -0.2) is 31.7 Å². The molecule has 0 radical (unpaired) electrons. The van der Waals surface area contributed by atoms with Gasteiger partial charge in [0.25, 0.3) is 0 Å². The second kappa shape index (κ2) is 10.1. The van der Waals surface area contributed by atoms with Gasteiger partial charge in [0.1, 0.15) is 0 Å². The first-order valence-electron chi connectivity index (χ1n) is 10.8. The molecule has 0 spiro atoms. The Hall–Kier alpha value is -1.60. The fraction of sp³-hybridized carbons (Fsp3) is 0.458. The summed E-state index contributed by atoms with van der Waals surface area (Å²) in [6, 6.07) is 8.89. The number of nitrogens with zero attached hydrogens (tertiary/aromatic N) is 1. The number of amides is 1. The van der Waals surface area contributed by atoms with Gasteiger partial charge >= 0.3 is 0 Å². The molecular weight excluding hydrogens is 467 g/mol. The average Bonchev–Trinajstić information content (AvgIpc) is 2.72. The van der Waals surface area contributed by atoms with Crippen LogP contribution in [0.3, 0.4) is 0 Å². The number of carbonyl (C=O) groups excluding carboxylic acids is 1. The number of rotatable bonds is 6. The minimum atomic E-state index is -3.61. The lowest BCUT2D eigenvalue weighted by Crippen LogP contribution is -2.46. The summed E-state index contributed by atoms with van der Waals surface area (Å²) >= 11 is 12.1. The minimum Gasteiger partial charge on any atom is -0.349 e. The zero-order chi connectivity index (χ0) is 23.6. The maximum Gasteiger partial charge on any atom is 0.224 e. The zero-order valence-electron chi connectivity index (χ0n) is 18.9. The van der Waals surface area contributed by atoms with E-state index in [4.69, 9.17) is 23.2 Å². The summed E-state index contributed by atoms with van der Waals surface area (Å²) < 4.78 is 27.5. The van der Waals surface area contributed by atoms with Gasteiger partial charge in [0.2, 0.25) is 15.9 Å². The van der Waals surface area contributed by atoms with Crippen molar-refractivity contribution in [2.75, 3.05) is 13.1 Å². The van der Waals surface area contributed by atoms with Gasteiger partial charge in [-0.1, -0.05) is 41.4 Å². The normalized spacial score (nSPS) is 18.4. The van der Waals surface area contributed by atoms with Crippen molar-refractivity contribution >= 4 is 39.1 Å². The Kier molecular flexibility index (Phi) is 7.92. The molecule has 1 fully saturated rings. The molecule has 3 rings (SSSR count). The van der Waals surface area contributed by atoms with Crippen LogP contribution in [-0.2, 0) is 20.6 Å². The first-order valence-corrected chi connectivity index (χ1v) is 13.1. The lowest BCUT2D eigenvalue weighted by Gasteiger charge is -2.32. The van der Waals surface area contributed by atoms with Crippen molar-refractivity contribution < 1.29 is 13.2 Å². The summed E-state index contributed by atoms with van der Waals surface area (Å²) in [7, 11) is -3.61. The first-order chi connectivity index (χ1) is 15.0. The third kappa shape index (κ3) is 5.84. The van der Waals surface area contributed by atoms with E-state index in [9.17, 15) is 13.2 Å². The van der Waals surface area contributed by atoms with Gasteiger partial charge in [-0.25, -0.2) is 12.7 Å². The number of nitrogens with one attached hydrogen (secondary N) is 1. The predicted molar refractivity (Wildman–Crippen MR) is 131 cm³/mol. The molecule has 1 aliphatic heterocycles. The van der Waals surface area contributed by atoms with Crippen molar-refractivity contribution in [3.8, 4) is 0 Å². The molecule has 0 saturated carbocycles. The van der Waals surface area contributed by atoms with Gasteiger partial charge < -0.3 is 5.32 Å². The number of sulfonamides is 1. The number of hydrogen-bond donors (Lipinski definition) is 1. The Morgan fingerprint density at radius 1 is 1.12 bits per heavy atom. The highest BCUT2D eigenvalue weighted by atomic mass is 35.5. The van der Waals surface area contributed by atoms with Gasteiger partial charge in [-0.3, -0.25) is 4.79 Å². The van der Waals surface area contributed by atoms with Crippen LogP contribution in [0.5, 0.6) is 0 Å². The summed E-state index contributed by atoms with van der Waals surface area (Å²) in [4.78, 5) is 13.0. The quantitative estimate of drug-likeness (QED) is 0.586. The van der Waals surface area contributed by atoms with E-state index < -0.39 is 10.0 Å². The van der Waals surface area contributed by atoms with E-state index in [1.807, 2.05) is 13.8 Å². The van der Waals surface area contributed by atoms with Crippen molar-refractivity contribution in [3.63, 3.8) is 0 Å². The molecule has 32 heavy (non-hydrogen) atoms. The van der Waals surface area contributed by atoms with Crippen molar-refractivity contribution in [3.05, 3.63) is 68.2 Å². The van der Waals surface area contributed by atoms with Crippen LogP contribution in [0.15, 0.2) is 30.3 Å². The highest BCUT2D eigenvalue weighted by Crippen LogP contribution is 2.27. The molecule has 8 heteroatoms. The Labute approximate surface area is 201 Å². The summed E-state index contributed by atoms with van der Waals surface area (Å²) in [6.07, 6.45) is 1.31. The molecule has 2 aromatic carbocycles. The molecule has 1 saturated heterocycles. The number of hydrogen-bond acceptors (Lipinski definition) is 3. The maximum absolute atomic E-state index is 13.0. The fourth-order valence-electron chi connectivity index (χ4n) is 4.19. The molecule has 1 heterocycles. The summed E-state index contributed by atoms with van der Waals surface area (Å²) in [6.45, 7) is 8.73. The lowest BCUT2D eigenvalue weighted by atomic mass is 9.95. The molecule has 0 aromatic heterocycles. The molecule has 2 aromatic rings. The Morgan fingerprint density at radius 3 is 2.50 bits per heavy atom. The maximum atomic E-state index is 13.0. The second-order valence-corrected chi connectivity index (χ2v) is 11.5. The summed E-state index contributed by atoms with van der Waals surface area (Å²) in [5.74, 6) is -0.705. The second-order valence-electron chi connectivity index (χ2n) is 8.71. The van der Waals surface area contributed by atoms with Gasteiger partial charge in [-0.2, -0.15) is 0 Å². The topological polar surface area (TPSA) is 66.5 Å². The van der Waals surface area contributed by atoms with Crippen molar-refractivity contribution in [1.82, 2.24) is 9.62 Å². The van der Waals surface area contributed by atoms with Crippen molar-refractivity contribution in [1.29, 1.82) is 0 Å². The van der Waals surface area contributed by atoms with Gasteiger partial charge in [-0.15, -0.1) is 0 Å². The van der Waals surface area contributed by atoms with Gasteiger partial charge in [0, 0.05) is 23.1 Å². The van der Waals surface area contributed by atoms with Gasteiger partial charge in [-0.05, 0) is 80.5 Å². The molecule has 1 N–H and O–H groups in total. The van der Waals surface area contributed by atoms with Crippen LogP contribution in [0.1, 0.15) is 53.6 Å².